The molecule has 2 aromatic rings. The monoisotopic (exact) mass is 296 g/mol. The molecule has 0 aliphatic carbocycles. The molecule has 0 saturated carbocycles. The van der Waals surface area contributed by atoms with E-state index in [0.29, 0.717) is 11.7 Å². The van der Waals surface area contributed by atoms with Crippen molar-refractivity contribution in [3.05, 3.63) is 28.6 Å². The molecule has 0 fully saturated rings. The van der Waals surface area contributed by atoms with E-state index in [0.717, 1.165) is 15.8 Å². The summed E-state index contributed by atoms with van der Waals surface area (Å²) in [5.41, 5.74) is 0.817. The van der Waals surface area contributed by atoms with Crippen LogP contribution in [-0.4, -0.2) is 17.3 Å². The van der Waals surface area contributed by atoms with Gasteiger partial charge in [0.25, 0.3) is 0 Å². The summed E-state index contributed by atoms with van der Waals surface area (Å²) in [5.74, 6) is 2.12. The number of ether oxygens (including phenoxy) is 1. The number of methoxy groups -OCH3 is 1. The van der Waals surface area contributed by atoms with Crippen molar-refractivity contribution in [3.8, 4) is 17.1 Å². The maximum absolute atomic E-state index is 5.28. The van der Waals surface area contributed by atoms with Crippen LogP contribution in [0.1, 0.15) is 25.7 Å². The second kappa shape index (κ2) is 4.87. The van der Waals surface area contributed by atoms with Gasteiger partial charge in [0.1, 0.15) is 5.75 Å². The Morgan fingerprint density at radius 3 is 2.71 bits per heavy atom. The molecule has 0 radical (unpaired) electrons. The van der Waals surface area contributed by atoms with Crippen molar-refractivity contribution in [2.75, 3.05) is 7.11 Å². The lowest BCUT2D eigenvalue weighted by atomic mass is 10.2. The van der Waals surface area contributed by atoms with Gasteiger partial charge in [0, 0.05) is 10.4 Å². The number of benzene rings is 1. The van der Waals surface area contributed by atoms with Gasteiger partial charge in [-0.2, -0.15) is 4.98 Å². The standard InChI is InChI=1S/C12H13BrN2O2/c1-7(2)12-14-11(15-17-12)9-6-8(13)4-5-10(9)16-3/h4-7H,1-3H3. The van der Waals surface area contributed by atoms with E-state index >= 15 is 0 Å². The zero-order valence-corrected chi connectivity index (χ0v) is 11.5. The first-order valence-electron chi connectivity index (χ1n) is 5.29. The van der Waals surface area contributed by atoms with Crippen LogP contribution < -0.4 is 4.74 Å². The van der Waals surface area contributed by atoms with Crippen LogP contribution in [-0.2, 0) is 0 Å². The molecule has 0 aliphatic rings. The molecular weight excluding hydrogens is 284 g/mol. The van der Waals surface area contributed by atoms with Crippen LogP contribution in [0.2, 0.25) is 0 Å². The zero-order chi connectivity index (χ0) is 12.4. The Hall–Kier alpha value is -1.36. The maximum atomic E-state index is 5.28. The summed E-state index contributed by atoms with van der Waals surface area (Å²) in [6, 6.07) is 5.68. The number of hydrogen-bond donors (Lipinski definition) is 0. The van der Waals surface area contributed by atoms with Crippen molar-refractivity contribution in [2.24, 2.45) is 0 Å². The van der Waals surface area contributed by atoms with Crippen LogP contribution in [0.3, 0.4) is 0 Å². The fraction of sp³-hybridized carbons (Fsp3) is 0.333. The average Bonchev–Trinajstić information content (AvgIpc) is 2.78. The second-order valence-electron chi connectivity index (χ2n) is 3.96. The third-order valence-electron chi connectivity index (χ3n) is 2.34. The van der Waals surface area contributed by atoms with Crippen LogP contribution in [0, 0.1) is 0 Å². The molecule has 1 heterocycles. The Bertz CT molecular complexity index is 523. The summed E-state index contributed by atoms with van der Waals surface area (Å²) in [7, 11) is 1.62. The molecule has 0 bridgehead atoms. The minimum absolute atomic E-state index is 0.217. The fourth-order valence-corrected chi connectivity index (χ4v) is 1.80. The molecular formula is C12H13BrN2O2. The highest BCUT2D eigenvalue weighted by Crippen LogP contribution is 2.31. The molecule has 0 unspecified atom stereocenters. The van der Waals surface area contributed by atoms with E-state index < -0.39 is 0 Å². The lowest BCUT2D eigenvalue weighted by molar-refractivity contribution is 0.365. The van der Waals surface area contributed by atoms with Crippen molar-refractivity contribution in [1.29, 1.82) is 0 Å². The third kappa shape index (κ3) is 2.49. The summed E-state index contributed by atoms with van der Waals surface area (Å²) in [6.45, 7) is 4.02. The van der Waals surface area contributed by atoms with E-state index in [-0.39, 0.29) is 5.92 Å². The molecule has 0 aliphatic heterocycles. The van der Waals surface area contributed by atoms with Crippen molar-refractivity contribution in [2.45, 2.75) is 19.8 Å². The van der Waals surface area contributed by atoms with Crippen molar-refractivity contribution >= 4 is 15.9 Å². The predicted octanol–water partition coefficient (Wildman–Crippen LogP) is 3.63. The third-order valence-corrected chi connectivity index (χ3v) is 2.83. The zero-order valence-electron chi connectivity index (χ0n) is 9.90. The molecule has 2 rings (SSSR count). The Morgan fingerprint density at radius 1 is 1.35 bits per heavy atom. The molecule has 0 N–H and O–H groups in total. The van der Waals surface area contributed by atoms with Crippen molar-refractivity contribution in [3.63, 3.8) is 0 Å². The van der Waals surface area contributed by atoms with Gasteiger partial charge in [0.05, 0.1) is 12.7 Å². The van der Waals surface area contributed by atoms with E-state index in [4.69, 9.17) is 9.26 Å². The topological polar surface area (TPSA) is 48.2 Å². The number of hydrogen-bond acceptors (Lipinski definition) is 4. The van der Waals surface area contributed by atoms with Gasteiger partial charge in [-0.1, -0.05) is 34.9 Å². The minimum atomic E-state index is 0.217. The summed E-state index contributed by atoms with van der Waals surface area (Å²) in [6.07, 6.45) is 0. The molecule has 90 valence electrons. The van der Waals surface area contributed by atoms with Gasteiger partial charge in [0.2, 0.25) is 11.7 Å². The first-order chi connectivity index (χ1) is 8.11. The quantitative estimate of drug-likeness (QED) is 0.868. The SMILES string of the molecule is COc1ccc(Br)cc1-c1noc(C(C)C)n1. The molecule has 5 heteroatoms. The van der Waals surface area contributed by atoms with Crippen LogP contribution in [0.25, 0.3) is 11.4 Å². The highest BCUT2D eigenvalue weighted by atomic mass is 79.9. The maximum Gasteiger partial charge on any atom is 0.229 e. The Labute approximate surface area is 108 Å². The van der Waals surface area contributed by atoms with E-state index in [9.17, 15) is 0 Å². The Morgan fingerprint density at radius 2 is 2.12 bits per heavy atom. The highest BCUT2D eigenvalue weighted by Gasteiger charge is 2.15. The van der Waals surface area contributed by atoms with Crippen LogP contribution in [0.4, 0.5) is 0 Å². The van der Waals surface area contributed by atoms with Gasteiger partial charge >= 0.3 is 0 Å². The number of aromatic nitrogens is 2. The molecule has 17 heavy (non-hydrogen) atoms. The molecule has 0 spiro atoms. The smallest absolute Gasteiger partial charge is 0.229 e. The number of halogens is 1. The van der Waals surface area contributed by atoms with Gasteiger partial charge in [-0.3, -0.25) is 0 Å². The molecule has 4 nitrogen and oxygen atoms in total. The Balaban J connectivity index is 2.47. The van der Waals surface area contributed by atoms with Crippen LogP contribution in [0.15, 0.2) is 27.2 Å². The predicted molar refractivity (Wildman–Crippen MR) is 68.1 cm³/mol. The van der Waals surface area contributed by atoms with Gasteiger partial charge < -0.3 is 9.26 Å². The lowest BCUT2D eigenvalue weighted by Crippen LogP contribution is -1.90. The molecule has 0 amide bonds. The Kier molecular flexibility index (Phi) is 3.47. The van der Waals surface area contributed by atoms with E-state index in [1.54, 1.807) is 7.11 Å². The molecule has 1 aromatic heterocycles. The van der Waals surface area contributed by atoms with Crippen LogP contribution >= 0.6 is 15.9 Å². The van der Waals surface area contributed by atoms with Gasteiger partial charge in [-0.25, -0.2) is 0 Å². The molecule has 0 saturated heterocycles. The summed E-state index contributed by atoms with van der Waals surface area (Å²) in [4.78, 5) is 4.35. The summed E-state index contributed by atoms with van der Waals surface area (Å²) < 4.78 is 11.4. The molecule has 1 aromatic carbocycles. The minimum Gasteiger partial charge on any atom is -0.496 e. The normalized spacial score (nSPS) is 10.9. The van der Waals surface area contributed by atoms with E-state index in [1.807, 2.05) is 32.0 Å². The van der Waals surface area contributed by atoms with Gasteiger partial charge in [0.15, 0.2) is 0 Å². The first-order valence-corrected chi connectivity index (χ1v) is 6.08. The lowest BCUT2D eigenvalue weighted by Gasteiger charge is -2.04. The molecule has 0 atom stereocenters. The van der Waals surface area contributed by atoms with E-state index in [1.165, 1.54) is 0 Å². The second-order valence-corrected chi connectivity index (χ2v) is 4.87. The highest BCUT2D eigenvalue weighted by molar-refractivity contribution is 9.10. The van der Waals surface area contributed by atoms with Crippen LogP contribution in [0.5, 0.6) is 5.75 Å². The largest absolute Gasteiger partial charge is 0.496 e. The fourth-order valence-electron chi connectivity index (χ4n) is 1.43. The van der Waals surface area contributed by atoms with Gasteiger partial charge in [-0.05, 0) is 18.2 Å². The number of rotatable bonds is 3. The summed E-state index contributed by atoms with van der Waals surface area (Å²) >= 11 is 3.42. The number of nitrogens with zero attached hydrogens (tertiary/aromatic N) is 2. The van der Waals surface area contributed by atoms with Crippen molar-refractivity contribution < 1.29 is 9.26 Å². The van der Waals surface area contributed by atoms with Gasteiger partial charge in [-0.15, -0.1) is 0 Å². The summed E-state index contributed by atoms with van der Waals surface area (Å²) in [5, 5.41) is 3.97. The average molecular weight is 297 g/mol. The first kappa shape index (κ1) is 12.1. The van der Waals surface area contributed by atoms with E-state index in [2.05, 4.69) is 26.1 Å². The van der Waals surface area contributed by atoms with Crippen molar-refractivity contribution in [1.82, 2.24) is 10.1 Å².